The summed E-state index contributed by atoms with van der Waals surface area (Å²) in [5, 5.41) is 16.9. The molecular weight excluding hydrogens is 270 g/mol. The van der Waals surface area contributed by atoms with Crippen molar-refractivity contribution in [2.24, 2.45) is 0 Å². The number of nitrogens with zero attached hydrogens (tertiary/aromatic N) is 1. The molecule has 1 aliphatic rings. The summed E-state index contributed by atoms with van der Waals surface area (Å²) in [5.74, 6) is 0.302. The smallest absolute Gasteiger partial charge is 0.216 e. The van der Waals surface area contributed by atoms with Crippen molar-refractivity contribution in [3.63, 3.8) is 0 Å². The molecule has 3 rings (SSSR count). The molecule has 0 bridgehead atoms. The van der Waals surface area contributed by atoms with Gasteiger partial charge in [0.05, 0.1) is 19.2 Å². The molecule has 4 nitrogen and oxygen atoms in total. The van der Waals surface area contributed by atoms with Crippen LogP contribution in [0.2, 0.25) is 0 Å². The SMILES string of the molecule is CON1CC(C)(c2cccc(-c3ccsc3)c2)NC1=N. The zero-order valence-electron chi connectivity index (χ0n) is 11.5. The van der Waals surface area contributed by atoms with E-state index < -0.39 is 0 Å². The molecule has 1 fully saturated rings. The predicted octanol–water partition coefficient (Wildman–Crippen LogP) is 3.03. The molecule has 1 aliphatic heterocycles. The lowest BCUT2D eigenvalue weighted by Crippen LogP contribution is -2.37. The number of nitrogens with one attached hydrogen (secondary N) is 2. The fourth-order valence-electron chi connectivity index (χ4n) is 2.52. The first-order valence-electron chi connectivity index (χ1n) is 6.44. The van der Waals surface area contributed by atoms with Crippen LogP contribution in [0, 0.1) is 5.41 Å². The maximum absolute atomic E-state index is 7.90. The number of hydrogen-bond acceptors (Lipinski definition) is 3. The molecule has 2 aromatic rings. The van der Waals surface area contributed by atoms with Crippen LogP contribution in [0.25, 0.3) is 11.1 Å². The summed E-state index contributed by atoms with van der Waals surface area (Å²) in [6.45, 7) is 2.71. The van der Waals surface area contributed by atoms with Crippen molar-refractivity contribution < 1.29 is 4.84 Å². The zero-order chi connectivity index (χ0) is 14.2. The third-order valence-corrected chi connectivity index (χ3v) is 4.36. The van der Waals surface area contributed by atoms with E-state index in [2.05, 4.69) is 53.3 Å². The number of thiophene rings is 1. The highest BCUT2D eigenvalue weighted by Crippen LogP contribution is 2.31. The van der Waals surface area contributed by atoms with Crippen molar-refractivity contribution in [3.8, 4) is 11.1 Å². The van der Waals surface area contributed by atoms with E-state index in [-0.39, 0.29) is 5.54 Å². The van der Waals surface area contributed by atoms with Gasteiger partial charge in [0.15, 0.2) is 0 Å². The molecule has 1 aromatic carbocycles. The van der Waals surface area contributed by atoms with Crippen molar-refractivity contribution in [3.05, 3.63) is 46.7 Å². The van der Waals surface area contributed by atoms with Gasteiger partial charge in [0.2, 0.25) is 5.96 Å². The standard InChI is InChI=1S/C15H17N3OS/c1-15(10-18(19-2)14(16)17-15)13-5-3-4-11(8-13)12-6-7-20-9-12/h3-9H,10H2,1-2H3,(H2,16,17). The van der Waals surface area contributed by atoms with Gasteiger partial charge < -0.3 is 5.32 Å². The van der Waals surface area contributed by atoms with E-state index in [0.717, 1.165) is 5.56 Å². The Kier molecular flexibility index (Phi) is 3.23. The fourth-order valence-corrected chi connectivity index (χ4v) is 3.18. The summed E-state index contributed by atoms with van der Waals surface area (Å²) in [6, 6.07) is 10.6. The van der Waals surface area contributed by atoms with Crippen LogP contribution >= 0.6 is 11.3 Å². The highest BCUT2D eigenvalue weighted by Gasteiger charge is 2.38. The molecule has 2 N–H and O–H groups in total. The molecule has 0 spiro atoms. The number of hydrogen-bond donors (Lipinski definition) is 2. The van der Waals surface area contributed by atoms with E-state index in [1.165, 1.54) is 11.1 Å². The van der Waals surface area contributed by atoms with Gasteiger partial charge in [0, 0.05) is 0 Å². The lowest BCUT2D eigenvalue weighted by atomic mass is 9.91. The van der Waals surface area contributed by atoms with Crippen molar-refractivity contribution in [2.45, 2.75) is 12.5 Å². The Hall–Kier alpha value is -1.85. The van der Waals surface area contributed by atoms with Gasteiger partial charge in [0.1, 0.15) is 0 Å². The molecule has 104 valence electrons. The predicted molar refractivity (Wildman–Crippen MR) is 81.7 cm³/mol. The Morgan fingerprint density at radius 2 is 2.20 bits per heavy atom. The third-order valence-electron chi connectivity index (χ3n) is 3.68. The van der Waals surface area contributed by atoms with Gasteiger partial charge >= 0.3 is 0 Å². The minimum absolute atomic E-state index is 0.302. The zero-order valence-corrected chi connectivity index (χ0v) is 12.3. The summed E-state index contributed by atoms with van der Waals surface area (Å²) in [7, 11) is 1.59. The lowest BCUT2D eigenvalue weighted by Gasteiger charge is -2.24. The topological polar surface area (TPSA) is 48.4 Å². The van der Waals surface area contributed by atoms with E-state index in [1.807, 2.05) is 0 Å². The van der Waals surface area contributed by atoms with Gasteiger partial charge in [-0.2, -0.15) is 11.3 Å². The first-order chi connectivity index (χ1) is 9.62. The average molecular weight is 287 g/mol. The highest BCUT2D eigenvalue weighted by atomic mass is 32.1. The van der Waals surface area contributed by atoms with Crippen LogP contribution in [-0.2, 0) is 10.4 Å². The van der Waals surface area contributed by atoms with Crippen LogP contribution in [0.1, 0.15) is 12.5 Å². The van der Waals surface area contributed by atoms with Crippen molar-refractivity contribution >= 4 is 17.3 Å². The Morgan fingerprint density at radius 1 is 1.35 bits per heavy atom. The summed E-state index contributed by atoms with van der Waals surface area (Å²) in [5.41, 5.74) is 3.29. The van der Waals surface area contributed by atoms with Crippen LogP contribution in [0.3, 0.4) is 0 Å². The third kappa shape index (κ3) is 2.19. The first kappa shape index (κ1) is 13.1. The molecule has 2 heterocycles. The molecule has 20 heavy (non-hydrogen) atoms. The summed E-state index contributed by atoms with van der Waals surface area (Å²) in [6.07, 6.45) is 0. The van der Waals surface area contributed by atoms with Gasteiger partial charge in [-0.15, -0.1) is 0 Å². The van der Waals surface area contributed by atoms with Crippen LogP contribution in [0.4, 0.5) is 0 Å². The van der Waals surface area contributed by atoms with Gasteiger partial charge in [-0.1, -0.05) is 18.2 Å². The Morgan fingerprint density at radius 3 is 2.85 bits per heavy atom. The normalized spacial score (nSPS) is 22.1. The molecular formula is C15H17N3OS. The Balaban J connectivity index is 1.95. The quantitative estimate of drug-likeness (QED) is 0.912. The minimum atomic E-state index is -0.306. The Labute approximate surface area is 122 Å². The minimum Gasteiger partial charge on any atom is -0.344 e. The highest BCUT2D eigenvalue weighted by molar-refractivity contribution is 7.08. The van der Waals surface area contributed by atoms with Crippen LogP contribution in [0.15, 0.2) is 41.1 Å². The van der Waals surface area contributed by atoms with Crippen molar-refractivity contribution in [1.82, 2.24) is 10.4 Å². The van der Waals surface area contributed by atoms with E-state index in [4.69, 9.17) is 10.2 Å². The van der Waals surface area contributed by atoms with E-state index in [1.54, 1.807) is 23.5 Å². The number of hydroxylamine groups is 2. The van der Waals surface area contributed by atoms with E-state index >= 15 is 0 Å². The first-order valence-corrected chi connectivity index (χ1v) is 7.38. The second-order valence-corrected chi connectivity index (χ2v) is 5.90. The van der Waals surface area contributed by atoms with Crippen LogP contribution < -0.4 is 5.32 Å². The molecule has 0 saturated carbocycles. The summed E-state index contributed by atoms with van der Waals surface area (Å²) in [4.78, 5) is 5.19. The maximum Gasteiger partial charge on any atom is 0.216 e. The van der Waals surface area contributed by atoms with Gasteiger partial charge in [0.25, 0.3) is 0 Å². The summed E-state index contributed by atoms with van der Waals surface area (Å²) < 4.78 is 0. The second-order valence-electron chi connectivity index (χ2n) is 5.12. The van der Waals surface area contributed by atoms with Crippen LogP contribution in [-0.4, -0.2) is 24.7 Å². The molecule has 1 atom stereocenters. The number of benzene rings is 1. The molecule has 0 aliphatic carbocycles. The van der Waals surface area contributed by atoms with Crippen molar-refractivity contribution in [2.75, 3.05) is 13.7 Å². The number of rotatable bonds is 3. The second kappa shape index (κ2) is 4.92. The van der Waals surface area contributed by atoms with Crippen molar-refractivity contribution in [1.29, 1.82) is 5.41 Å². The van der Waals surface area contributed by atoms with Gasteiger partial charge in [-0.25, -0.2) is 5.06 Å². The fraction of sp³-hybridized carbons (Fsp3) is 0.267. The van der Waals surface area contributed by atoms with E-state index in [9.17, 15) is 0 Å². The largest absolute Gasteiger partial charge is 0.344 e. The molecule has 1 unspecified atom stereocenters. The molecule has 0 amide bonds. The van der Waals surface area contributed by atoms with Crippen LogP contribution in [0.5, 0.6) is 0 Å². The number of guanidine groups is 1. The van der Waals surface area contributed by atoms with Gasteiger partial charge in [-0.05, 0) is 46.5 Å². The van der Waals surface area contributed by atoms with E-state index in [0.29, 0.717) is 12.5 Å². The molecule has 0 radical (unpaired) electrons. The summed E-state index contributed by atoms with van der Waals surface area (Å²) >= 11 is 1.70. The molecule has 1 aromatic heterocycles. The molecule has 1 saturated heterocycles. The average Bonchev–Trinajstić information content (AvgIpc) is 3.07. The van der Waals surface area contributed by atoms with Gasteiger partial charge in [-0.3, -0.25) is 10.2 Å². The lowest BCUT2D eigenvalue weighted by molar-refractivity contribution is -0.0633. The maximum atomic E-state index is 7.90. The monoisotopic (exact) mass is 287 g/mol. The molecule has 5 heteroatoms. The Bertz CT molecular complexity index is 626.